The van der Waals surface area contributed by atoms with Crippen LogP contribution in [0.2, 0.25) is 0 Å². The number of nitrogens with one attached hydrogen (secondary N) is 1. The summed E-state index contributed by atoms with van der Waals surface area (Å²) in [7, 11) is -3.95. The van der Waals surface area contributed by atoms with E-state index in [1.165, 1.54) is 26.3 Å². The molecule has 1 N–H and O–H groups in total. The summed E-state index contributed by atoms with van der Waals surface area (Å²) in [4.78, 5) is 15.4. The van der Waals surface area contributed by atoms with Crippen LogP contribution in [0.4, 0.5) is 11.4 Å². The van der Waals surface area contributed by atoms with Gasteiger partial charge in [0.05, 0.1) is 5.56 Å². The number of amides is 1. The quantitative estimate of drug-likeness (QED) is 0.560. The third-order valence-electron chi connectivity index (χ3n) is 6.52. The van der Waals surface area contributed by atoms with Gasteiger partial charge < -0.3 is 10.2 Å². The molecule has 35 heavy (non-hydrogen) atoms. The number of benzene rings is 2. The predicted molar refractivity (Wildman–Crippen MR) is 139 cm³/mol. The first-order valence-corrected chi connectivity index (χ1v) is 13.3. The minimum absolute atomic E-state index is 0.0583. The van der Waals surface area contributed by atoms with Crippen molar-refractivity contribution in [1.29, 1.82) is 0 Å². The van der Waals surface area contributed by atoms with Crippen molar-refractivity contribution in [2.24, 2.45) is 0 Å². The molecule has 1 aromatic heterocycles. The van der Waals surface area contributed by atoms with Gasteiger partial charge in [-0.25, -0.2) is 8.42 Å². The lowest BCUT2D eigenvalue weighted by molar-refractivity contribution is 0.102. The number of sulfonamides is 1. The minimum atomic E-state index is -3.95. The molecule has 2 heterocycles. The number of carbonyl (C=O) groups is 1. The molecule has 1 aliphatic rings. The van der Waals surface area contributed by atoms with E-state index in [0.29, 0.717) is 38.4 Å². The molecule has 4 rings (SSSR count). The fourth-order valence-corrected chi connectivity index (χ4v) is 6.05. The molecule has 1 fully saturated rings. The molecular formula is C26H33N5O3S. The van der Waals surface area contributed by atoms with Gasteiger partial charge in [-0.15, -0.1) is 0 Å². The van der Waals surface area contributed by atoms with Gasteiger partial charge in [-0.2, -0.15) is 9.40 Å². The topological polar surface area (TPSA) is 87.5 Å². The molecule has 3 aromatic rings. The van der Waals surface area contributed by atoms with Crippen molar-refractivity contribution in [3.63, 3.8) is 0 Å². The molecule has 1 amide bonds. The Morgan fingerprint density at radius 1 is 1.00 bits per heavy atom. The van der Waals surface area contributed by atoms with Crippen LogP contribution in [0.5, 0.6) is 0 Å². The number of hydrogen-bond donors (Lipinski definition) is 1. The van der Waals surface area contributed by atoms with E-state index in [-0.39, 0.29) is 10.6 Å². The number of hydrogen-bond acceptors (Lipinski definition) is 5. The number of aromatic nitrogens is 2. The summed E-state index contributed by atoms with van der Waals surface area (Å²) in [6.07, 6.45) is 1.51. The second kappa shape index (κ2) is 9.83. The molecule has 8 nitrogen and oxygen atoms in total. The molecule has 0 spiro atoms. The molecule has 1 aliphatic heterocycles. The highest BCUT2D eigenvalue weighted by Crippen LogP contribution is 2.27. The lowest BCUT2D eigenvalue weighted by atomic mass is 10.1. The van der Waals surface area contributed by atoms with Gasteiger partial charge in [-0.05, 0) is 75.1 Å². The number of aryl methyl sites for hydroxylation is 4. The maximum absolute atomic E-state index is 13.6. The Morgan fingerprint density at radius 3 is 2.29 bits per heavy atom. The molecule has 2 aromatic carbocycles. The summed E-state index contributed by atoms with van der Waals surface area (Å²) >= 11 is 0. The molecule has 1 saturated heterocycles. The average molecular weight is 496 g/mol. The van der Waals surface area contributed by atoms with Crippen LogP contribution in [0.1, 0.15) is 39.5 Å². The van der Waals surface area contributed by atoms with Crippen molar-refractivity contribution in [3.05, 3.63) is 70.4 Å². The summed E-state index contributed by atoms with van der Waals surface area (Å²) in [6, 6.07) is 11.9. The zero-order valence-electron chi connectivity index (χ0n) is 21.0. The molecule has 186 valence electrons. The van der Waals surface area contributed by atoms with Gasteiger partial charge >= 0.3 is 0 Å². The number of piperazine rings is 1. The summed E-state index contributed by atoms with van der Waals surface area (Å²) in [5, 5.41) is 6.95. The van der Waals surface area contributed by atoms with Gasteiger partial charge in [0, 0.05) is 50.3 Å². The molecule has 0 aliphatic carbocycles. The third-order valence-corrected chi connectivity index (χ3v) is 8.35. The summed E-state index contributed by atoms with van der Waals surface area (Å²) in [6.45, 7) is 12.2. The maximum atomic E-state index is 13.6. The highest BCUT2D eigenvalue weighted by atomic mass is 32.2. The normalized spacial score (nSPS) is 14.8. The van der Waals surface area contributed by atoms with E-state index in [4.69, 9.17) is 0 Å². The van der Waals surface area contributed by atoms with Crippen LogP contribution in [0.25, 0.3) is 0 Å². The summed E-state index contributed by atoms with van der Waals surface area (Å²) in [5.41, 5.74) is 6.26. The van der Waals surface area contributed by atoms with Crippen LogP contribution in [0.3, 0.4) is 0 Å². The summed E-state index contributed by atoms with van der Waals surface area (Å²) in [5.74, 6) is -0.484. The molecule has 9 heteroatoms. The smallest absolute Gasteiger partial charge is 0.263 e. The van der Waals surface area contributed by atoms with E-state index in [9.17, 15) is 13.2 Å². The van der Waals surface area contributed by atoms with E-state index in [0.717, 1.165) is 16.8 Å². The van der Waals surface area contributed by atoms with Crippen molar-refractivity contribution in [1.82, 2.24) is 14.1 Å². The highest BCUT2D eigenvalue weighted by molar-refractivity contribution is 7.89. The number of carbonyl (C=O) groups excluding carboxylic acids is 1. The Balaban J connectivity index is 1.57. The van der Waals surface area contributed by atoms with Crippen molar-refractivity contribution in [3.8, 4) is 0 Å². The predicted octanol–water partition coefficient (Wildman–Crippen LogP) is 3.90. The zero-order chi connectivity index (χ0) is 25.3. The maximum Gasteiger partial charge on any atom is 0.263 e. The van der Waals surface area contributed by atoms with Crippen LogP contribution < -0.4 is 10.2 Å². The van der Waals surface area contributed by atoms with Gasteiger partial charge in [0.1, 0.15) is 0 Å². The SMILES string of the molecule is CCn1cc(C(=O)Nc2cc(C)cc(C)c2)c(S(=O)(=O)N2CCN(c3cccc(C)c3C)CC2)n1. The van der Waals surface area contributed by atoms with Crippen LogP contribution in [-0.2, 0) is 16.6 Å². The third kappa shape index (κ3) is 5.11. The number of nitrogens with zero attached hydrogens (tertiary/aromatic N) is 4. The van der Waals surface area contributed by atoms with Gasteiger partial charge in [0.2, 0.25) is 5.03 Å². The fourth-order valence-electron chi connectivity index (χ4n) is 4.53. The minimum Gasteiger partial charge on any atom is -0.369 e. The first-order chi connectivity index (χ1) is 16.6. The van der Waals surface area contributed by atoms with Crippen LogP contribution in [-0.4, -0.2) is 54.6 Å². The zero-order valence-corrected chi connectivity index (χ0v) is 21.8. The first kappa shape index (κ1) is 24.9. The standard InChI is InChI=1S/C26H33N5O3S/c1-6-30-17-23(25(32)27-22-15-18(2)14-19(3)16-22)26(28-30)35(33,34)31-12-10-29(11-13-31)24-9-7-8-20(4)21(24)5/h7-9,14-17H,6,10-13H2,1-5H3,(H,27,32). The largest absolute Gasteiger partial charge is 0.369 e. The summed E-state index contributed by atoms with van der Waals surface area (Å²) < 4.78 is 30.2. The second-order valence-electron chi connectivity index (χ2n) is 9.14. The lowest BCUT2D eigenvalue weighted by Gasteiger charge is -2.36. The van der Waals surface area contributed by atoms with Crippen molar-refractivity contribution in [2.45, 2.75) is 46.2 Å². The average Bonchev–Trinajstić information content (AvgIpc) is 3.26. The molecule has 0 radical (unpaired) electrons. The van der Waals surface area contributed by atoms with Crippen molar-refractivity contribution in [2.75, 3.05) is 36.4 Å². The first-order valence-electron chi connectivity index (χ1n) is 11.9. The van der Waals surface area contributed by atoms with E-state index in [1.807, 2.05) is 45.0 Å². The molecule has 0 saturated carbocycles. The van der Waals surface area contributed by atoms with Crippen LogP contribution >= 0.6 is 0 Å². The number of rotatable bonds is 6. The molecule has 0 bridgehead atoms. The lowest BCUT2D eigenvalue weighted by Crippen LogP contribution is -2.49. The Bertz CT molecular complexity index is 1340. The Hall–Kier alpha value is -3.17. The van der Waals surface area contributed by atoms with Gasteiger partial charge in [0.25, 0.3) is 15.9 Å². The van der Waals surface area contributed by atoms with Gasteiger partial charge in [-0.1, -0.05) is 18.2 Å². The highest BCUT2D eigenvalue weighted by Gasteiger charge is 2.35. The Labute approximate surface area is 207 Å². The molecule has 0 atom stereocenters. The van der Waals surface area contributed by atoms with E-state index >= 15 is 0 Å². The monoisotopic (exact) mass is 495 g/mol. The van der Waals surface area contributed by atoms with E-state index < -0.39 is 15.9 Å². The molecular weight excluding hydrogens is 462 g/mol. The van der Waals surface area contributed by atoms with E-state index in [1.54, 1.807) is 0 Å². The van der Waals surface area contributed by atoms with Gasteiger partial charge in [-0.3, -0.25) is 9.48 Å². The molecule has 0 unspecified atom stereocenters. The second-order valence-corrected chi connectivity index (χ2v) is 11.0. The van der Waals surface area contributed by atoms with Crippen molar-refractivity contribution >= 4 is 27.3 Å². The number of anilines is 2. The fraction of sp³-hybridized carbons (Fsp3) is 0.385. The van der Waals surface area contributed by atoms with Gasteiger partial charge in [0.15, 0.2) is 0 Å². The van der Waals surface area contributed by atoms with Crippen LogP contribution in [0.15, 0.2) is 47.6 Å². The Kier molecular flexibility index (Phi) is 7.00. The van der Waals surface area contributed by atoms with Crippen molar-refractivity contribution < 1.29 is 13.2 Å². The van der Waals surface area contributed by atoms with Crippen LogP contribution in [0, 0.1) is 27.7 Å². The van der Waals surface area contributed by atoms with E-state index in [2.05, 4.69) is 41.3 Å². The Morgan fingerprint density at radius 2 is 1.66 bits per heavy atom.